The Morgan fingerprint density at radius 2 is 1.30 bits per heavy atom. The van der Waals surface area contributed by atoms with Crippen LogP contribution in [0.5, 0.6) is 0 Å². The van der Waals surface area contributed by atoms with Crippen molar-refractivity contribution in [2.75, 3.05) is 13.2 Å². The Kier molecular flexibility index (Phi) is 6.26. The molecule has 0 saturated heterocycles. The largest absolute Gasteiger partial charge is 0.462 e. The minimum atomic E-state index is -0.688. The van der Waals surface area contributed by atoms with Crippen molar-refractivity contribution < 1.29 is 24.0 Å². The molecular formula is C22H20N2O6. The molecule has 0 aliphatic rings. The first-order valence-electron chi connectivity index (χ1n) is 9.38. The van der Waals surface area contributed by atoms with Crippen molar-refractivity contribution in [3.05, 3.63) is 75.8 Å². The highest BCUT2D eigenvalue weighted by molar-refractivity contribution is 6.11. The lowest BCUT2D eigenvalue weighted by Crippen LogP contribution is -2.13. The molecule has 0 aliphatic heterocycles. The van der Waals surface area contributed by atoms with Crippen molar-refractivity contribution in [1.29, 1.82) is 0 Å². The predicted molar refractivity (Wildman–Crippen MR) is 110 cm³/mol. The quantitative estimate of drug-likeness (QED) is 0.347. The predicted octanol–water partition coefficient (Wildman–Crippen LogP) is 4.61. The molecule has 0 atom stereocenters. The summed E-state index contributed by atoms with van der Waals surface area (Å²) in [7, 11) is 0. The number of nitrogens with one attached hydrogen (secondary N) is 1. The summed E-state index contributed by atoms with van der Waals surface area (Å²) in [6.45, 7) is 3.59. The van der Waals surface area contributed by atoms with Crippen LogP contribution in [0.4, 0.5) is 5.69 Å². The smallest absolute Gasteiger partial charge is 0.341 e. The Morgan fingerprint density at radius 3 is 1.73 bits per heavy atom. The third kappa shape index (κ3) is 4.07. The number of nitro benzene ring substituents is 1. The summed E-state index contributed by atoms with van der Waals surface area (Å²) in [6, 6.07) is 14.7. The van der Waals surface area contributed by atoms with Crippen molar-refractivity contribution in [2.24, 2.45) is 0 Å². The van der Waals surface area contributed by atoms with Crippen LogP contribution in [0, 0.1) is 10.1 Å². The lowest BCUT2D eigenvalue weighted by Gasteiger charge is -2.08. The number of aromatic nitrogens is 1. The van der Waals surface area contributed by atoms with Crippen LogP contribution in [0.3, 0.4) is 0 Å². The van der Waals surface area contributed by atoms with E-state index in [0.29, 0.717) is 22.5 Å². The number of non-ortho nitro benzene ring substituents is 1. The van der Waals surface area contributed by atoms with E-state index in [9.17, 15) is 19.7 Å². The van der Waals surface area contributed by atoms with Gasteiger partial charge in [-0.25, -0.2) is 9.59 Å². The number of carbonyl (C=O) groups excluding carboxylic acids is 2. The molecule has 0 bridgehead atoms. The maximum atomic E-state index is 12.8. The fraction of sp³-hybridized carbons (Fsp3) is 0.182. The van der Waals surface area contributed by atoms with E-state index >= 15 is 0 Å². The summed E-state index contributed by atoms with van der Waals surface area (Å²) in [5.41, 5.74) is 1.92. The molecule has 30 heavy (non-hydrogen) atoms. The van der Waals surface area contributed by atoms with Crippen molar-refractivity contribution in [2.45, 2.75) is 13.8 Å². The Balaban J connectivity index is 2.28. The number of hydrogen-bond donors (Lipinski definition) is 1. The number of carbonyl (C=O) groups is 2. The van der Waals surface area contributed by atoms with Gasteiger partial charge in [-0.3, -0.25) is 10.1 Å². The average Bonchev–Trinajstić information content (AvgIpc) is 3.15. The van der Waals surface area contributed by atoms with Gasteiger partial charge in [-0.2, -0.15) is 0 Å². The van der Waals surface area contributed by atoms with E-state index < -0.39 is 16.9 Å². The molecule has 0 radical (unpaired) electrons. The second-order valence-electron chi connectivity index (χ2n) is 6.24. The van der Waals surface area contributed by atoms with Crippen LogP contribution >= 0.6 is 0 Å². The van der Waals surface area contributed by atoms with E-state index in [1.54, 1.807) is 38.1 Å². The summed E-state index contributed by atoms with van der Waals surface area (Å²) < 4.78 is 10.4. The molecule has 1 N–H and O–H groups in total. The van der Waals surface area contributed by atoms with Crippen LogP contribution in [-0.4, -0.2) is 35.1 Å². The zero-order chi connectivity index (χ0) is 21.7. The lowest BCUT2D eigenvalue weighted by atomic mass is 10.0. The minimum Gasteiger partial charge on any atom is -0.462 e. The molecule has 154 valence electrons. The van der Waals surface area contributed by atoms with Crippen LogP contribution in [0.25, 0.3) is 22.5 Å². The van der Waals surface area contributed by atoms with Gasteiger partial charge >= 0.3 is 11.9 Å². The second kappa shape index (κ2) is 9.04. The summed E-state index contributed by atoms with van der Waals surface area (Å²) in [5.74, 6) is -1.35. The minimum absolute atomic E-state index is 0.0306. The molecule has 8 nitrogen and oxygen atoms in total. The summed E-state index contributed by atoms with van der Waals surface area (Å²) >= 11 is 0. The van der Waals surface area contributed by atoms with Crippen molar-refractivity contribution in [3.63, 3.8) is 0 Å². The number of hydrogen-bond acceptors (Lipinski definition) is 6. The van der Waals surface area contributed by atoms with Gasteiger partial charge in [0.1, 0.15) is 11.1 Å². The number of nitro groups is 1. The molecule has 1 aromatic heterocycles. The highest BCUT2D eigenvalue weighted by Gasteiger charge is 2.31. The van der Waals surface area contributed by atoms with Crippen LogP contribution in [0.15, 0.2) is 54.6 Å². The Bertz CT molecular complexity index is 1070. The zero-order valence-corrected chi connectivity index (χ0v) is 16.5. The number of H-pyrrole nitrogens is 1. The van der Waals surface area contributed by atoms with Gasteiger partial charge in [0.15, 0.2) is 0 Å². The lowest BCUT2D eigenvalue weighted by molar-refractivity contribution is -0.384. The van der Waals surface area contributed by atoms with E-state index in [1.807, 2.05) is 6.07 Å². The van der Waals surface area contributed by atoms with Crippen molar-refractivity contribution in [3.8, 4) is 22.5 Å². The number of esters is 2. The van der Waals surface area contributed by atoms with Crippen LogP contribution in [-0.2, 0) is 9.47 Å². The standard InChI is InChI=1S/C22H20N2O6/c1-3-29-21(25)17-18(22(26)30-4-2)20(15-10-12-16(13-11-15)24(27)28)23-19(17)14-8-6-5-7-9-14/h5-13,23H,3-4H2,1-2H3. The van der Waals surface area contributed by atoms with Crippen LogP contribution < -0.4 is 0 Å². The molecular weight excluding hydrogens is 388 g/mol. The fourth-order valence-corrected chi connectivity index (χ4v) is 3.10. The Morgan fingerprint density at radius 1 is 0.833 bits per heavy atom. The number of benzene rings is 2. The molecule has 3 aromatic rings. The normalized spacial score (nSPS) is 10.5. The first-order chi connectivity index (χ1) is 14.5. The number of aromatic amines is 1. The molecule has 0 amide bonds. The molecule has 0 unspecified atom stereocenters. The maximum absolute atomic E-state index is 12.8. The Labute approximate surface area is 172 Å². The van der Waals surface area contributed by atoms with Gasteiger partial charge in [0.25, 0.3) is 5.69 Å². The van der Waals surface area contributed by atoms with E-state index in [2.05, 4.69) is 4.98 Å². The first-order valence-corrected chi connectivity index (χ1v) is 9.38. The van der Waals surface area contributed by atoms with E-state index in [0.717, 1.165) is 0 Å². The van der Waals surface area contributed by atoms with E-state index in [1.165, 1.54) is 24.3 Å². The molecule has 3 rings (SSSR count). The number of rotatable bonds is 7. The van der Waals surface area contributed by atoms with Crippen LogP contribution in [0.1, 0.15) is 34.6 Å². The third-order valence-electron chi connectivity index (χ3n) is 4.39. The third-order valence-corrected chi connectivity index (χ3v) is 4.39. The monoisotopic (exact) mass is 408 g/mol. The van der Waals surface area contributed by atoms with Gasteiger partial charge in [-0.05, 0) is 37.1 Å². The first kappa shape index (κ1) is 20.8. The van der Waals surface area contributed by atoms with E-state index in [-0.39, 0.29) is 30.0 Å². The zero-order valence-electron chi connectivity index (χ0n) is 16.5. The molecule has 0 saturated carbocycles. The summed E-state index contributed by atoms with van der Waals surface area (Å²) in [5, 5.41) is 11.0. The molecule has 0 aliphatic carbocycles. The number of nitrogens with zero attached hydrogens (tertiary/aromatic N) is 1. The van der Waals surface area contributed by atoms with Crippen molar-refractivity contribution in [1.82, 2.24) is 4.98 Å². The van der Waals surface area contributed by atoms with Gasteiger partial charge < -0.3 is 14.5 Å². The van der Waals surface area contributed by atoms with Gasteiger partial charge in [-0.15, -0.1) is 0 Å². The Hall–Kier alpha value is -3.94. The van der Waals surface area contributed by atoms with Crippen molar-refractivity contribution >= 4 is 17.6 Å². The molecule has 2 aromatic carbocycles. The van der Waals surface area contributed by atoms with Crippen LogP contribution in [0.2, 0.25) is 0 Å². The molecule has 0 spiro atoms. The van der Waals surface area contributed by atoms with E-state index in [4.69, 9.17) is 9.47 Å². The summed E-state index contributed by atoms with van der Waals surface area (Å²) in [4.78, 5) is 39.3. The highest BCUT2D eigenvalue weighted by atomic mass is 16.6. The van der Waals surface area contributed by atoms with Gasteiger partial charge in [0.05, 0.1) is 29.5 Å². The van der Waals surface area contributed by atoms with Gasteiger partial charge in [-0.1, -0.05) is 30.3 Å². The van der Waals surface area contributed by atoms with Gasteiger partial charge in [0.2, 0.25) is 0 Å². The fourth-order valence-electron chi connectivity index (χ4n) is 3.10. The topological polar surface area (TPSA) is 112 Å². The SMILES string of the molecule is CCOC(=O)c1c(-c2ccccc2)[nH]c(-c2ccc([N+](=O)[O-])cc2)c1C(=O)OCC. The molecule has 1 heterocycles. The average molecular weight is 408 g/mol. The molecule has 0 fully saturated rings. The maximum Gasteiger partial charge on any atom is 0.341 e. The highest BCUT2D eigenvalue weighted by Crippen LogP contribution is 2.35. The second-order valence-corrected chi connectivity index (χ2v) is 6.24. The number of ether oxygens (including phenoxy) is 2. The molecule has 8 heteroatoms. The summed E-state index contributed by atoms with van der Waals surface area (Å²) in [6.07, 6.45) is 0. The van der Waals surface area contributed by atoms with Gasteiger partial charge in [0, 0.05) is 12.1 Å².